The lowest BCUT2D eigenvalue weighted by molar-refractivity contribution is 0.602. The van der Waals surface area contributed by atoms with Crippen molar-refractivity contribution in [1.82, 2.24) is 0 Å². The van der Waals surface area contributed by atoms with E-state index in [1.807, 2.05) is 12.1 Å². The maximum atomic E-state index is 11.0. The van der Waals surface area contributed by atoms with Crippen LogP contribution in [0.4, 0.5) is 0 Å². The molecule has 0 aliphatic rings. The summed E-state index contributed by atoms with van der Waals surface area (Å²) in [6, 6.07) is 8.17. The summed E-state index contributed by atoms with van der Waals surface area (Å²) in [5.41, 5.74) is 1.22. The third-order valence-corrected chi connectivity index (χ3v) is 3.70. The monoisotopic (exact) mass is 200 g/mol. The van der Waals surface area contributed by atoms with E-state index >= 15 is 0 Å². The molecule has 0 radical (unpaired) electrons. The first-order valence-corrected chi connectivity index (χ1v) is 7.13. The summed E-state index contributed by atoms with van der Waals surface area (Å²) in [7, 11) is -1.90. The molecule has 0 heterocycles. The Labute approximate surface area is 76.0 Å². The minimum absolute atomic E-state index is 0.404. The van der Waals surface area contributed by atoms with Crippen LogP contribution in [0.5, 0.6) is 0 Å². The molecule has 66 valence electrons. The van der Waals surface area contributed by atoms with Gasteiger partial charge in [-0.15, -0.1) is 0 Å². The predicted molar refractivity (Wildman–Crippen MR) is 53.2 cm³/mol. The lowest BCUT2D eigenvalue weighted by Gasteiger charge is -1.99. The molecule has 0 unspecified atom stereocenters. The largest absolute Gasteiger partial charge is 0.224 e. The van der Waals surface area contributed by atoms with Crippen molar-refractivity contribution in [3.63, 3.8) is 0 Å². The van der Waals surface area contributed by atoms with E-state index in [0.29, 0.717) is 4.90 Å². The molecule has 0 spiro atoms. The Bertz CT molecular complexity index is 353. The first-order chi connectivity index (χ1) is 5.54. The Kier molecular flexibility index (Phi) is 2.69. The van der Waals surface area contributed by atoms with Gasteiger partial charge in [0.25, 0.3) is 0 Å². The van der Waals surface area contributed by atoms with Crippen LogP contribution in [0, 0.1) is 0 Å². The number of hydrogen-bond donors (Lipinski definition) is 0. The maximum Gasteiger partial charge on any atom is 0.175 e. The van der Waals surface area contributed by atoms with Crippen LogP contribution in [0.1, 0.15) is 5.56 Å². The van der Waals surface area contributed by atoms with Gasteiger partial charge in [-0.3, -0.25) is 0 Å². The Morgan fingerprint density at radius 3 is 2.08 bits per heavy atom. The van der Waals surface area contributed by atoms with E-state index in [1.165, 1.54) is 11.8 Å². The molecule has 1 aromatic carbocycles. The van der Waals surface area contributed by atoms with Crippen molar-refractivity contribution in [2.24, 2.45) is 0 Å². The Morgan fingerprint density at radius 1 is 1.25 bits per heavy atom. The van der Waals surface area contributed by atoms with E-state index in [1.54, 1.807) is 12.1 Å². The number of hydrogen-bond acceptors (Lipinski definition) is 2. The van der Waals surface area contributed by atoms with Gasteiger partial charge in [0.05, 0.1) is 4.90 Å². The van der Waals surface area contributed by atoms with Crippen LogP contribution in [0.25, 0.3) is 0 Å². The van der Waals surface area contributed by atoms with Crippen molar-refractivity contribution in [3.8, 4) is 0 Å². The SMILES string of the molecule is CS(=O)(=O)c1ccc(C[SiH3])cc1. The molecule has 0 bridgehead atoms. The zero-order chi connectivity index (χ0) is 9.19. The van der Waals surface area contributed by atoms with Gasteiger partial charge in [-0.25, -0.2) is 8.42 Å². The average molecular weight is 200 g/mol. The Morgan fingerprint density at radius 2 is 1.75 bits per heavy atom. The first kappa shape index (κ1) is 9.47. The van der Waals surface area contributed by atoms with Crippen LogP contribution in [0.2, 0.25) is 0 Å². The van der Waals surface area contributed by atoms with Crippen LogP contribution >= 0.6 is 0 Å². The zero-order valence-electron chi connectivity index (χ0n) is 7.24. The molecule has 0 aliphatic carbocycles. The summed E-state index contributed by atoms with van der Waals surface area (Å²) in [4.78, 5) is 0.404. The van der Waals surface area contributed by atoms with E-state index in [0.717, 1.165) is 16.3 Å². The number of sulfone groups is 1. The molecule has 1 aromatic rings. The second kappa shape index (κ2) is 3.41. The summed E-state index contributed by atoms with van der Waals surface area (Å²) in [6.07, 6.45) is 1.22. The highest BCUT2D eigenvalue weighted by Crippen LogP contribution is 2.09. The van der Waals surface area contributed by atoms with Gasteiger partial charge in [0, 0.05) is 16.5 Å². The fourth-order valence-electron chi connectivity index (χ4n) is 0.972. The quantitative estimate of drug-likeness (QED) is 0.628. The van der Waals surface area contributed by atoms with Crippen molar-refractivity contribution >= 4 is 20.1 Å². The Hall–Kier alpha value is -0.613. The highest BCUT2D eigenvalue weighted by molar-refractivity contribution is 7.90. The van der Waals surface area contributed by atoms with E-state index < -0.39 is 9.84 Å². The molecule has 2 nitrogen and oxygen atoms in total. The highest BCUT2D eigenvalue weighted by atomic mass is 32.2. The molecule has 0 atom stereocenters. The molecule has 0 N–H and O–H groups in total. The van der Waals surface area contributed by atoms with Crippen molar-refractivity contribution in [1.29, 1.82) is 0 Å². The topological polar surface area (TPSA) is 34.1 Å². The van der Waals surface area contributed by atoms with Crippen LogP contribution in [0.3, 0.4) is 0 Å². The fraction of sp³-hybridized carbons (Fsp3) is 0.250. The maximum absolute atomic E-state index is 11.0. The highest BCUT2D eigenvalue weighted by Gasteiger charge is 2.04. The van der Waals surface area contributed by atoms with Gasteiger partial charge in [-0.05, 0) is 18.2 Å². The molecule has 0 aromatic heterocycles. The van der Waals surface area contributed by atoms with Crippen molar-refractivity contribution in [3.05, 3.63) is 29.8 Å². The fourth-order valence-corrected chi connectivity index (χ4v) is 2.07. The standard InChI is InChI=1S/C8H12O2SSi/c1-11(9,10)8-4-2-7(6-12)3-5-8/h2-5H,6H2,1,12H3. The van der Waals surface area contributed by atoms with E-state index in [4.69, 9.17) is 0 Å². The van der Waals surface area contributed by atoms with Crippen LogP contribution in [-0.2, 0) is 15.9 Å². The van der Waals surface area contributed by atoms with Gasteiger partial charge in [-0.2, -0.15) is 0 Å². The van der Waals surface area contributed by atoms with Gasteiger partial charge >= 0.3 is 0 Å². The van der Waals surface area contributed by atoms with Crippen LogP contribution in [0.15, 0.2) is 29.2 Å². The smallest absolute Gasteiger partial charge is 0.175 e. The van der Waals surface area contributed by atoms with Crippen molar-refractivity contribution in [2.45, 2.75) is 10.9 Å². The number of rotatable bonds is 2. The van der Waals surface area contributed by atoms with Gasteiger partial charge < -0.3 is 0 Å². The summed E-state index contributed by atoms with van der Waals surface area (Å²) in [5.74, 6) is 0. The molecule has 0 fully saturated rings. The molecule has 0 aliphatic heterocycles. The van der Waals surface area contributed by atoms with E-state index in [2.05, 4.69) is 0 Å². The first-order valence-electron chi connectivity index (χ1n) is 3.83. The van der Waals surface area contributed by atoms with E-state index in [-0.39, 0.29) is 0 Å². The molecular weight excluding hydrogens is 188 g/mol. The van der Waals surface area contributed by atoms with E-state index in [9.17, 15) is 8.42 Å². The van der Waals surface area contributed by atoms with Crippen molar-refractivity contribution in [2.75, 3.05) is 6.26 Å². The third kappa shape index (κ3) is 2.18. The summed E-state index contributed by atoms with van der Waals surface area (Å²) >= 11 is 0. The summed E-state index contributed by atoms with van der Waals surface area (Å²) in [6.45, 7) is 0. The van der Waals surface area contributed by atoms with Gasteiger partial charge in [0.1, 0.15) is 0 Å². The molecule has 0 amide bonds. The molecule has 0 saturated heterocycles. The minimum Gasteiger partial charge on any atom is -0.224 e. The van der Waals surface area contributed by atoms with Crippen LogP contribution in [-0.4, -0.2) is 24.9 Å². The molecular formula is C8H12O2SSi. The van der Waals surface area contributed by atoms with Gasteiger partial charge in [0.2, 0.25) is 0 Å². The number of benzene rings is 1. The van der Waals surface area contributed by atoms with Gasteiger partial charge in [-0.1, -0.05) is 17.7 Å². The van der Waals surface area contributed by atoms with Crippen LogP contribution < -0.4 is 0 Å². The molecule has 0 saturated carbocycles. The predicted octanol–water partition coefficient (Wildman–Crippen LogP) is -0.0445. The summed E-state index contributed by atoms with van der Waals surface area (Å²) in [5, 5.41) is 0. The molecule has 4 heteroatoms. The van der Waals surface area contributed by atoms with Gasteiger partial charge in [0.15, 0.2) is 9.84 Å². The minimum atomic E-state index is -3.02. The Balaban J connectivity index is 3.09. The second-order valence-electron chi connectivity index (χ2n) is 2.77. The molecule has 12 heavy (non-hydrogen) atoms. The lowest BCUT2D eigenvalue weighted by Crippen LogP contribution is -1.96. The normalized spacial score (nSPS) is 11.8. The second-order valence-corrected chi connectivity index (χ2v) is 5.49. The van der Waals surface area contributed by atoms with Crippen molar-refractivity contribution < 1.29 is 8.42 Å². The molecule has 1 rings (SSSR count). The summed E-state index contributed by atoms with van der Waals surface area (Å²) < 4.78 is 22.1. The zero-order valence-corrected chi connectivity index (χ0v) is 10.1. The average Bonchev–Trinajstić information content (AvgIpc) is 2.03. The lowest BCUT2D eigenvalue weighted by atomic mass is 10.2. The third-order valence-electron chi connectivity index (χ3n) is 1.76.